The monoisotopic (exact) mass is 483 g/mol. The molecular weight excluding hydrogens is 450 g/mol. The summed E-state index contributed by atoms with van der Waals surface area (Å²) in [5.74, 6) is 0.850. The van der Waals surface area contributed by atoms with Gasteiger partial charge in [-0.15, -0.1) is 0 Å². The normalized spacial score (nSPS) is 14.9. The number of nitrogens with one attached hydrogen (secondary N) is 1. The first-order chi connectivity index (χ1) is 16.5. The van der Waals surface area contributed by atoms with Crippen LogP contribution in [0.4, 0.5) is 0 Å². The lowest BCUT2D eigenvalue weighted by Crippen LogP contribution is -2.35. The van der Waals surface area contributed by atoms with Gasteiger partial charge < -0.3 is 14.6 Å². The number of rotatable bonds is 10. The van der Waals surface area contributed by atoms with E-state index in [-0.39, 0.29) is 5.91 Å². The number of aryl methyl sites for hydroxylation is 1. The van der Waals surface area contributed by atoms with Crippen LogP contribution in [-0.2, 0) is 27.8 Å². The Morgan fingerprint density at radius 2 is 1.79 bits per heavy atom. The van der Waals surface area contributed by atoms with Crippen molar-refractivity contribution in [3.05, 3.63) is 60.3 Å². The predicted octanol–water partition coefficient (Wildman–Crippen LogP) is 3.96. The Morgan fingerprint density at radius 3 is 2.53 bits per heavy atom. The molecule has 0 spiro atoms. The molecule has 0 saturated carbocycles. The summed E-state index contributed by atoms with van der Waals surface area (Å²) in [5, 5.41) is 3.85. The van der Waals surface area contributed by atoms with Crippen LogP contribution in [0.5, 0.6) is 5.75 Å². The summed E-state index contributed by atoms with van der Waals surface area (Å²) in [6.07, 6.45) is 5.96. The number of carbonyl (C=O) groups is 1. The molecule has 1 aromatic heterocycles. The molecule has 1 aliphatic heterocycles. The van der Waals surface area contributed by atoms with Crippen molar-refractivity contribution in [1.82, 2.24) is 14.2 Å². The molecule has 2 aromatic carbocycles. The van der Waals surface area contributed by atoms with Crippen LogP contribution in [0.15, 0.2) is 59.6 Å². The Bertz CT molecular complexity index is 1210. The second-order valence-corrected chi connectivity index (χ2v) is 10.6. The first-order valence-corrected chi connectivity index (χ1v) is 13.5. The number of hydrogen-bond acceptors (Lipinski definition) is 4. The van der Waals surface area contributed by atoms with Crippen molar-refractivity contribution in [3.63, 3.8) is 0 Å². The van der Waals surface area contributed by atoms with Crippen LogP contribution in [0.2, 0.25) is 0 Å². The van der Waals surface area contributed by atoms with Crippen molar-refractivity contribution in [2.24, 2.45) is 0 Å². The zero-order valence-corrected chi connectivity index (χ0v) is 20.5. The van der Waals surface area contributed by atoms with Crippen molar-refractivity contribution in [2.75, 3.05) is 26.2 Å². The number of aromatic nitrogens is 1. The lowest BCUT2D eigenvalue weighted by molar-refractivity contribution is -0.121. The van der Waals surface area contributed by atoms with Crippen LogP contribution < -0.4 is 10.1 Å². The van der Waals surface area contributed by atoms with Crippen LogP contribution in [0, 0.1) is 0 Å². The molecule has 8 heteroatoms. The summed E-state index contributed by atoms with van der Waals surface area (Å²) < 4.78 is 35.0. The molecule has 7 nitrogen and oxygen atoms in total. The van der Waals surface area contributed by atoms with E-state index in [4.69, 9.17) is 4.74 Å². The van der Waals surface area contributed by atoms with Crippen molar-refractivity contribution in [3.8, 4) is 5.75 Å². The van der Waals surface area contributed by atoms with Gasteiger partial charge in [-0.2, -0.15) is 4.31 Å². The van der Waals surface area contributed by atoms with Gasteiger partial charge in [-0.05, 0) is 68.1 Å². The van der Waals surface area contributed by atoms with E-state index >= 15 is 0 Å². The second kappa shape index (κ2) is 11.1. The topological polar surface area (TPSA) is 80.6 Å². The number of carbonyl (C=O) groups excluding carboxylic acids is 1. The van der Waals surface area contributed by atoms with Crippen molar-refractivity contribution < 1.29 is 17.9 Å². The summed E-state index contributed by atoms with van der Waals surface area (Å²) in [4.78, 5) is 12.7. The molecule has 1 saturated heterocycles. The van der Waals surface area contributed by atoms with Crippen LogP contribution in [0.25, 0.3) is 10.9 Å². The largest absolute Gasteiger partial charge is 0.494 e. The molecule has 1 amide bonds. The van der Waals surface area contributed by atoms with Crippen molar-refractivity contribution in [2.45, 2.75) is 50.5 Å². The Kier molecular flexibility index (Phi) is 7.90. The third-order valence-corrected chi connectivity index (χ3v) is 8.14. The number of piperidine rings is 1. The van der Waals surface area contributed by atoms with Crippen molar-refractivity contribution >= 4 is 26.8 Å². The van der Waals surface area contributed by atoms with Gasteiger partial charge in [0.05, 0.1) is 11.5 Å². The molecule has 0 unspecified atom stereocenters. The van der Waals surface area contributed by atoms with Gasteiger partial charge in [0, 0.05) is 49.7 Å². The predicted molar refractivity (Wildman–Crippen MR) is 133 cm³/mol. The van der Waals surface area contributed by atoms with E-state index in [0.29, 0.717) is 44.1 Å². The van der Waals surface area contributed by atoms with E-state index < -0.39 is 10.0 Å². The van der Waals surface area contributed by atoms with Crippen LogP contribution in [0.3, 0.4) is 0 Å². The molecule has 2 heterocycles. The maximum Gasteiger partial charge on any atom is 0.243 e. The summed E-state index contributed by atoms with van der Waals surface area (Å²) in [5.41, 5.74) is 2.08. The van der Waals surface area contributed by atoms with E-state index in [0.717, 1.165) is 47.9 Å². The lowest BCUT2D eigenvalue weighted by atomic mass is 10.1. The van der Waals surface area contributed by atoms with Crippen LogP contribution >= 0.6 is 0 Å². The Hall–Kier alpha value is -2.84. The lowest BCUT2D eigenvalue weighted by Gasteiger charge is -2.25. The van der Waals surface area contributed by atoms with Crippen LogP contribution in [-0.4, -0.2) is 49.4 Å². The summed E-state index contributed by atoms with van der Waals surface area (Å²) in [7, 11) is -3.46. The molecule has 0 bridgehead atoms. The zero-order chi connectivity index (χ0) is 24.0. The highest BCUT2D eigenvalue weighted by molar-refractivity contribution is 7.89. The average Bonchev–Trinajstić information content (AvgIpc) is 3.27. The third kappa shape index (κ3) is 5.80. The Labute approximate surface area is 201 Å². The number of sulfonamides is 1. The van der Waals surface area contributed by atoms with Gasteiger partial charge in [0.2, 0.25) is 15.9 Å². The fraction of sp³-hybridized carbons (Fsp3) is 0.423. The quantitative estimate of drug-likeness (QED) is 0.473. The van der Waals surface area contributed by atoms with E-state index in [2.05, 4.69) is 5.32 Å². The fourth-order valence-electron chi connectivity index (χ4n) is 4.36. The summed E-state index contributed by atoms with van der Waals surface area (Å²) >= 11 is 0. The number of hydrogen-bond donors (Lipinski definition) is 1. The maximum atomic E-state index is 13.0. The van der Waals surface area contributed by atoms with Gasteiger partial charge in [-0.3, -0.25) is 4.79 Å². The minimum absolute atomic E-state index is 0.00270. The smallest absolute Gasteiger partial charge is 0.243 e. The molecule has 182 valence electrons. The highest BCUT2D eigenvalue weighted by atomic mass is 32.2. The molecular formula is C26H33N3O4S. The molecule has 4 rings (SSSR count). The van der Waals surface area contributed by atoms with Gasteiger partial charge in [0.25, 0.3) is 0 Å². The van der Waals surface area contributed by atoms with E-state index in [9.17, 15) is 13.2 Å². The number of ether oxygens (including phenoxy) is 1. The third-order valence-electron chi connectivity index (χ3n) is 6.25. The fourth-order valence-corrected chi connectivity index (χ4v) is 5.92. The van der Waals surface area contributed by atoms with E-state index in [1.54, 1.807) is 16.4 Å². The maximum absolute atomic E-state index is 13.0. The molecule has 1 fully saturated rings. The van der Waals surface area contributed by atoms with Gasteiger partial charge in [0.1, 0.15) is 5.75 Å². The van der Waals surface area contributed by atoms with E-state index in [1.165, 1.54) is 0 Å². The van der Waals surface area contributed by atoms with Gasteiger partial charge in [-0.1, -0.05) is 18.6 Å². The average molecular weight is 484 g/mol. The molecule has 0 atom stereocenters. The van der Waals surface area contributed by atoms with Gasteiger partial charge in [0.15, 0.2) is 0 Å². The highest BCUT2D eigenvalue weighted by Gasteiger charge is 2.26. The molecule has 3 aromatic rings. The first-order valence-electron chi connectivity index (χ1n) is 12.0. The SMILES string of the molecule is CCOc1ccc(CCNC(=O)CCn2ccc3cc(S(=O)(=O)N4CCCCC4)ccc32)cc1. The standard InChI is InChI=1S/C26H33N3O4S/c1-2-33-23-8-6-21(7-9-23)12-15-27-26(30)14-19-28-18-13-22-20-24(10-11-25(22)28)34(31,32)29-16-4-3-5-17-29/h6-11,13,18,20H,2-5,12,14-17,19H2,1H3,(H,27,30). The molecule has 1 N–H and O–H groups in total. The number of amides is 1. The summed E-state index contributed by atoms with van der Waals surface area (Å²) in [6, 6.07) is 15.1. The van der Waals surface area contributed by atoms with E-state index in [1.807, 2.05) is 54.1 Å². The Morgan fingerprint density at radius 1 is 1.03 bits per heavy atom. The molecule has 34 heavy (non-hydrogen) atoms. The molecule has 0 radical (unpaired) electrons. The number of benzene rings is 2. The minimum Gasteiger partial charge on any atom is -0.494 e. The second-order valence-electron chi connectivity index (χ2n) is 8.62. The van der Waals surface area contributed by atoms with Gasteiger partial charge in [-0.25, -0.2) is 8.42 Å². The minimum atomic E-state index is -3.46. The number of nitrogens with zero attached hydrogens (tertiary/aromatic N) is 2. The zero-order valence-electron chi connectivity index (χ0n) is 19.7. The highest BCUT2D eigenvalue weighted by Crippen LogP contribution is 2.25. The van der Waals surface area contributed by atoms with Gasteiger partial charge >= 0.3 is 0 Å². The first kappa shape index (κ1) is 24.3. The molecule has 1 aliphatic rings. The summed E-state index contributed by atoms with van der Waals surface area (Å²) in [6.45, 7) is 4.90. The number of fused-ring (bicyclic) bond motifs is 1. The van der Waals surface area contributed by atoms with Crippen molar-refractivity contribution in [1.29, 1.82) is 0 Å². The Balaban J connectivity index is 1.29. The molecule has 0 aliphatic carbocycles. The van der Waals surface area contributed by atoms with Crippen LogP contribution in [0.1, 0.15) is 38.2 Å².